The van der Waals surface area contributed by atoms with Gasteiger partial charge in [0.05, 0.1) is 6.61 Å². The first-order chi connectivity index (χ1) is 4.27. The normalized spacial score (nSPS) is 10.1. The third-order valence-electron chi connectivity index (χ3n) is 0.774. The molecule has 0 saturated carbocycles. The van der Waals surface area contributed by atoms with Crippen molar-refractivity contribution in [2.75, 3.05) is 26.8 Å². The van der Waals surface area contributed by atoms with Crippen LogP contribution in [0.5, 0.6) is 0 Å². The van der Waals surface area contributed by atoms with E-state index >= 15 is 0 Å². The van der Waals surface area contributed by atoms with Crippen LogP contribution in [-0.2, 0) is 9.53 Å². The number of aldehydes is 1. The predicted octanol–water partition coefficient (Wildman–Crippen LogP) is -0.993. The van der Waals surface area contributed by atoms with Crippen LogP contribution in [0.2, 0.25) is 0 Å². The van der Waals surface area contributed by atoms with E-state index < -0.39 is 0 Å². The highest BCUT2D eigenvalue weighted by Crippen LogP contribution is 1.72. The molecule has 0 heterocycles. The van der Waals surface area contributed by atoms with Crippen LogP contribution >= 0.6 is 0 Å². The second-order valence-corrected chi connectivity index (χ2v) is 1.72. The molecule has 0 bridgehead atoms. The van der Waals surface area contributed by atoms with Gasteiger partial charge in [0.15, 0.2) is 0 Å². The van der Waals surface area contributed by atoms with E-state index in [1.807, 2.05) is 0 Å². The van der Waals surface area contributed by atoms with E-state index in [0.29, 0.717) is 13.2 Å². The Morgan fingerprint density at radius 1 is 1.78 bits per heavy atom. The fraction of sp³-hybridized carbons (Fsp3) is 0.800. The summed E-state index contributed by atoms with van der Waals surface area (Å²) >= 11 is 0. The molecule has 2 N–H and O–H groups in total. The Bertz CT molecular complexity index is 75.4. The molecule has 0 aliphatic carbocycles. The van der Waals surface area contributed by atoms with Gasteiger partial charge in [-0.1, -0.05) is 0 Å². The van der Waals surface area contributed by atoms with Gasteiger partial charge in [-0.15, -0.1) is 0 Å². The van der Waals surface area contributed by atoms with Crippen molar-refractivity contribution < 1.29 is 9.53 Å². The van der Waals surface area contributed by atoms with Gasteiger partial charge in [0, 0.05) is 13.6 Å². The van der Waals surface area contributed by atoms with Gasteiger partial charge in [-0.3, -0.25) is 5.84 Å². The minimum Gasteiger partial charge on any atom is -0.373 e. The first-order valence-corrected chi connectivity index (χ1v) is 2.74. The second-order valence-electron chi connectivity index (χ2n) is 1.72. The Kier molecular flexibility index (Phi) is 5.40. The van der Waals surface area contributed by atoms with Crippen LogP contribution in [0.3, 0.4) is 0 Å². The highest BCUT2D eigenvalue weighted by molar-refractivity contribution is 5.50. The van der Waals surface area contributed by atoms with Crippen LogP contribution in [0.15, 0.2) is 0 Å². The lowest BCUT2D eigenvalue weighted by Gasteiger charge is -2.07. The predicted molar refractivity (Wildman–Crippen MR) is 33.7 cm³/mol. The van der Waals surface area contributed by atoms with E-state index in [2.05, 4.69) is 0 Å². The largest absolute Gasteiger partial charge is 0.373 e. The summed E-state index contributed by atoms with van der Waals surface area (Å²) in [7, 11) is 1.74. The topological polar surface area (TPSA) is 55.6 Å². The summed E-state index contributed by atoms with van der Waals surface area (Å²) in [5, 5.41) is 1.50. The van der Waals surface area contributed by atoms with Gasteiger partial charge < -0.3 is 9.53 Å². The molecule has 0 aromatic heterocycles. The molecular weight excluding hydrogens is 120 g/mol. The number of nitrogens with zero attached hydrogens (tertiary/aromatic N) is 1. The Hall–Kier alpha value is -0.450. The van der Waals surface area contributed by atoms with E-state index in [1.54, 1.807) is 7.05 Å². The van der Waals surface area contributed by atoms with Crippen molar-refractivity contribution in [2.45, 2.75) is 0 Å². The molecule has 0 aromatic rings. The van der Waals surface area contributed by atoms with Crippen molar-refractivity contribution in [3.8, 4) is 0 Å². The molecule has 0 aliphatic rings. The molecule has 0 aromatic carbocycles. The molecule has 54 valence electrons. The molecular formula is C5H12N2O2. The van der Waals surface area contributed by atoms with Crippen molar-refractivity contribution in [3.05, 3.63) is 0 Å². The number of ether oxygens (including phenoxy) is 1. The van der Waals surface area contributed by atoms with Crippen molar-refractivity contribution in [2.24, 2.45) is 5.84 Å². The summed E-state index contributed by atoms with van der Waals surface area (Å²) in [4.78, 5) is 9.68. The monoisotopic (exact) mass is 132 g/mol. The number of carbonyl (C=O) groups excluding carboxylic acids is 1. The smallest absolute Gasteiger partial charge is 0.145 e. The molecule has 0 amide bonds. The van der Waals surface area contributed by atoms with E-state index in [0.717, 1.165) is 6.29 Å². The molecule has 0 unspecified atom stereocenters. The highest BCUT2D eigenvalue weighted by atomic mass is 16.5. The fourth-order valence-electron chi connectivity index (χ4n) is 0.340. The Morgan fingerprint density at radius 3 is 2.89 bits per heavy atom. The molecule has 0 saturated heterocycles. The Labute approximate surface area is 54.5 Å². The van der Waals surface area contributed by atoms with Gasteiger partial charge in [-0.2, -0.15) is 0 Å². The zero-order valence-corrected chi connectivity index (χ0v) is 5.54. The zero-order chi connectivity index (χ0) is 7.11. The molecule has 0 radical (unpaired) electrons. The third kappa shape index (κ3) is 7.55. The van der Waals surface area contributed by atoms with Gasteiger partial charge >= 0.3 is 0 Å². The number of hydrogen-bond acceptors (Lipinski definition) is 4. The van der Waals surface area contributed by atoms with Crippen molar-refractivity contribution in [1.82, 2.24) is 5.01 Å². The average Bonchev–Trinajstić information content (AvgIpc) is 1.80. The summed E-state index contributed by atoms with van der Waals surface area (Å²) in [5.74, 6) is 5.24. The molecule has 0 rings (SSSR count). The number of likely N-dealkylation sites (N-methyl/N-ethyl adjacent to an activating group) is 1. The molecule has 4 nitrogen and oxygen atoms in total. The maximum Gasteiger partial charge on any atom is 0.145 e. The maximum absolute atomic E-state index is 9.68. The first kappa shape index (κ1) is 8.55. The SMILES string of the molecule is CN(N)CCOCC=O. The van der Waals surface area contributed by atoms with Crippen LogP contribution in [0.1, 0.15) is 0 Å². The Balaban J connectivity index is 2.82. The van der Waals surface area contributed by atoms with Crippen molar-refractivity contribution in [3.63, 3.8) is 0 Å². The van der Waals surface area contributed by atoms with E-state index in [4.69, 9.17) is 10.6 Å². The molecule has 0 fully saturated rings. The first-order valence-electron chi connectivity index (χ1n) is 2.74. The lowest BCUT2D eigenvalue weighted by molar-refractivity contribution is -0.111. The number of hydrogen-bond donors (Lipinski definition) is 1. The maximum atomic E-state index is 9.68. The summed E-state index contributed by atoms with van der Waals surface area (Å²) in [6.45, 7) is 1.31. The molecule has 0 atom stereocenters. The number of hydrazine groups is 1. The van der Waals surface area contributed by atoms with Crippen LogP contribution in [0.4, 0.5) is 0 Å². The number of nitrogens with two attached hydrogens (primary N) is 1. The fourth-order valence-corrected chi connectivity index (χ4v) is 0.340. The molecule has 0 aliphatic heterocycles. The lowest BCUT2D eigenvalue weighted by atomic mass is 10.7. The number of carbonyl (C=O) groups is 1. The van der Waals surface area contributed by atoms with Crippen molar-refractivity contribution >= 4 is 6.29 Å². The quantitative estimate of drug-likeness (QED) is 0.226. The zero-order valence-electron chi connectivity index (χ0n) is 5.54. The average molecular weight is 132 g/mol. The lowest BCUT2D eigenvalue weighted by Crippen LogP contribution is -2.29. The minimum atomic E-state index is 0.161. The van der Waals surface area contributed by atoms with E-state index in [1.165, 1.54) is 5.01 Å². The van der Waals surface area contributed by atoms with Crippen LogP contribution < -0.4 is 5.84 Å². The summed E-state index contributed by atoms with van der Waals surface area (Å²) in [6, 6.07) is 0. The van der Waals surface area contributed by atoms with Gasteiger partial charge in [0.25, 0.3) is 0 Å². The third-order valence-corrected chi connectivity index (χ3v) is 0.774. The van der Waals surface area contributed by atoms with Crippen LogP contribution in [0.25, 0.3) is 0 Å². The van der Waals surface area contributed by atoms with E-state index in [9.17, 15) is 4.79 Å². The summed E-state index contributed by atoms with van der Waals surface area (Å²) in [5.41, 5.74) is 0. The summed E-state index contributed by atoms with van der Waals surface area (Å²) in [6.07, 6.45) is 0.719. The Morgan fingerprint density at radius 2 is 2.44 bits per heavy atom. The highest BCUT2D eigenvalue weighted by Gasteiger charge is 1.88. The van der Waals surface area contributed by atoms with Gasteiger partial charge in [-0.25, -0.2) is 5.01 Å². The second kappa shape index (κ2) is 5.68. The molecule has 0 spiro atoms. The van der Waals surface area contributed by atoms with Crippen LogP contribution in [-0.4, -0.2) is 38.1 Å². The van der Waals surface area contributed by atoms with E-state index in [-0.39, 0.29) is 6.61 Å². The van der Waals surface area contributed by atoms with Gasteiger partial charge in [-0.05, 0) is 0 Å². The molecule has 4 heteroatoms. The molecule has 9 heavy (non-hydrogen) atoms. The van der Waals surface area contributed by atoms with Gasteiger partial charge in [0.2, 0.25) is 0 Å². The summed E-state index contributed by atoms with van der Waals surface area (Å²) < 4.78 is 4.80. The van der Waals surface area contributed by atoms with Gasteiger partial charge in [0.1, 0.15) is 12.9 Å². The number of rotatable bonds is 5. The van der Waals surface area contributed by atoms with Crippen LogP contribution in [0, 0.1) is 0 Å². The standard InChI is InChI=1S/C5H12N2O2/c1-7(6)2-4-9-5-3-8/h3H,2,4-6H2,1H3. The minimum absolute atomic E-state index is 0.161. The van der Waals surface area contributed by atoms with Crippen molar-refractivity contribution in [1.29, 1.82) is 0 Å².